The first kappa shape index (κ1) is 9.21. The van der Waals surface area contributed by atoms with Crippen LogP contribution in [0.1, 0.15) is 25.3 Å². The van der Waals surface area contributed by atoms with Crippen LogP contribution < -0.4 is 0 Å². The number of imidazole rings is 1. The molecule has 1 fully saturated rings. The Labute approximate surface area is 95.9 Å². The van der Waals surface area contributed by atoms with Gasteiger partial charge in [-0.25, -0.2) is 4.98 Å². The molecular weight excluding hydrogens is 256 g/mol. The van der Waals surface area contributed by atoms with E-state index in [0.29, 0.717) is 6.04 Å². The fraction of sp³-hybridized carbons (Fsp3) is 0.364. The third kappa shape index (κ3) is 1.35. The number of phenols is 1. The Morgan fingerprint density at radius 3 is 2.87 bits per heavy atom. The largest absolute Gasteiger partial charge is 0.508 e. The maximum absolute atomic E-state index is 9.38. The highest BCUT2D eigenvalue weighted by Crippen LogP contribution is 2.37. The molecule has 0 saturated heterocycles. The van der Waals surface area contributed by atoms with E-state index >= 15 is 0 Å². The highest BCUT2D eigenvalue weighted by atomic mass is 79.9. The van der Waals surface area contributed by atoms with Crippen molar-refractivity contribution in [2.24, 2.45) is 0 Å². The van der Waals surface area contributed by atoms with Crippen molar-refractivity contribution < 1.29 is 5.11 Å². The molecule has 3 nitrogen and oxygen atoms in total. The van der Waals surface area contributed by atoms with Crippen molar-refractivity contribution in [1.29, 1.82) is 0 Å². The number of hydrogen-bond acceptors (Lipinski definition) is 2. The van der Waals surface area contributed by atoms with Gasteiger partial charge in [-0.05, 0) is 47.3 Å². The Bertz CT molecular complexity index is 517. The summed E-state index contributed by atoms with van der Waals surface area (Å²) in [5.74, 6) is 0.272. The first-order chi connectivity index (χ1) is 7.25. The number of fused-ring (bicyclic) bond motifs is 1. The van der Waals surface area contributed by atoms with Crippen LogP contribution in [-0.4, -0.2) is 14.7 Å². The van der Waals surface area contributed by atoms with E-state index in [0.717, 1.165) is 15.8 Å². The highest BCUT2D eigenvalue weighted by molar-refractivity contribution is 9.10. The summed E-state index contributed by atoms with van der Waals surface area (Å²) in [6.45, 7) is 0. The van der Waals surface area contributed by atoms with Crippen molar-refractivity contribution in [3.63, 3.8) is 0 Å². The van der Waals surface area contributed by atoms with Crippen molar-refractivity contribution in [3.05, 3.63) is 22.9 Å². The van der Waals surface area contributed by atoms with Crippen LogP contribution in [0.5, 0.6) is 5.75 Å². The van der Waals surface area contributed by atoms with Crippen LogP contribution in [0.25, 0.3) is 11.0 Å². The zero-order valence-electron chi connectivity index (χ0n) is 8.15. The topological polar surface area (TPSA) is 38.1 Å². The molecule has 1 N–H and O–H groups in total. The van der Waals surface area contributed by atoms with Crippen LogP contribution in [0, 0.1) is 0 Å². The second-order valence-corrected chi connectivity index (χ2v) is 4.72. The van der Waals surface area contributed by atoms with Crippen LogP contribution in [0.3, 0.4) is 0 Å². The number of rotatable bonds is 1. The second kappa shape index (κ2) is 3.23. The molecule has 1 heterocycles. The number of nitrogens with zero attached hydrogens (tertiary/aromatic N) is 2. The molecule has 78 valence electrons. The van der Waals surface area contributed by atoms with E-state index in [9.17, 15) is 5.11 Å². The first-order valence-electron chi connectivity index (χ1n) is 5.12. The lowest BCUT2D eigenvalue weighted by atomic mass is 9.93. The minimum Gasteiger partial charge on any atom is -0.508 e. The fourth-order valence-corrected chi connectivity index (χ4v) is 2.72. The van der Waals surface area contributed by atoms with Gasteiger partial charge in [0, 0.05) is 12.1 Å². The van der Waals surface area contributed by atoms with Gasteiger partial charge in [-0.2, -0.15) is 0 Å². The molecule has 1 aromatic heterocycles. The molecule has 0 unspecified atom stereocenters. The summed E-state index contributed by atoms with van der Waals surface area (Å²) in [5, 5.41) is 9.38. The van der Waals surface area contributed by atoms with Crippen molar-refractivity contribution in [1.82, 2.24) is 9.55 Å². The van der Waals surface area contributed by atoms with Crippen molar-refractivity contribution >= 4 is 27.0 Å². The average molecular weight is 267 g/mol. The smallest absolute Gasteiger partial charge is 0.178 e. The molecule has 0 radical (unpaired) electrons. The van der Waals surface area contributed by atoms with Gasteiger partial charge >= 0.3 is 0 Å². The van der Waals surface area contributed by atoms with Crippen molar-refractivity contribution in [2.45, 2.75) is 25.3 Å². The zero-order valence-corrected chi connectivity index (χ0v) is 9.74. The Kier molecular flexibility index (Phi) is 1.99. The van der Waals surface area contributed by atoms with Crippen LogP contribution in [0.2, 0.25) is 0 Å². The lowest BCUT2D eigenvalue weighted by Crippen LogP contribution is -2.16. The average Bonchev–Trinajstić information content (AvgIpc) is 2.40. The maximum atomic E-state index is 9.38. The van der Waals surface area contributed by atoms with E-state index in [1.54, 1.807) is 12.1 Å². The monoisotopic (exact) mass is 266 g/mol. The fourth-order valence-electron chi connectivity index (χ4n) is 2.05. The predicted molar refractivity (Wildman–Crippen MR) is 62.0 cm³/mol. The van der Waals surface area contributed by atoms with E-state index in [2.05, 4.69) is 25.5 Å². The van der Waals surface area contributed by atoms with Crippen molar-refractivity contribution in [2.75, 3.05) is 0 Å². The molecular formula is C11H11BrN2O. The maximum Gasteiger partial charge on any atom is 0.178 e. The molecule has 0 aliphatic heterocycles. The predicted octanol–water partition coefficient (Wildman–Crippen LogP) is 3.23. The Balaban J connectivity index is 2.23. The van der Waals surface area contributed by atoms with E-state index in [1.165, 1.54) is 19.3 Å². The Morgan fingerprint density at radius 2 is 2.20 bits per heavy atom. The Morgan fingerprint density at radius 1 is 1.40 bits per heavy atom. The number of aromatic nitrogens is 2. The lowest BCUT2D eigenvalue weighted by molar-refractivity contribution is 0.316. The van der Waals surface area contributed by atoms with E-state index in [-0.39, 0.29) is 5.75 Å². The molecule has 1 aliphatic rings. The molecule has 0 spiro atoms. The van der Waals surface area contributed by atoms with Crippen LogP contribution in [0.4, 0.5) is 0 Å². The molecule has 1 saturated carbocycles. The molecule has 0 amide bonds. The van der Waals surface area contributed by atoms with Gasteiger partial charge in [0.2, 0.25) is 0 Å². The van der Waals surface area contributed by atoms with Gasteiger partial charge in [0.25, 0.3) is 0 Å². The van der Waals surface area contributed by atoms with Gasteiger partial charge in [0.15, 0.2) is 4.73 Å². The summed E-state index contributed by atoms with van der Waals surface area (Å²) in [6, 6.07) is 5.93. The molecule has 0 bridgehead atoms. The quantitative estimate of drug-likeness (QED) is 0.861. The van der Waals surface area contributed by atoms with Gasteiger partial charge in [0.1, 0.15) is 5.75 Å². The molecule has 1 aromatic carbocycles. The van der Waals surface area contributed by atoms with Gasteiger partial charge in [-0.1, -0.05) is 0 Å². The molecule has 15 heavy (non-hydrogen) atoms. The van der Waals surface area contributed by atoms with Gasteiger partial charge < -0.3 is 9.67 Å². The van der Waals surface area contributed by atoms with E-state index in [1.807, 2.05) is 6.07 Å². The van der Waals surface area contributed by atoms with Gasteiger partial charge in [-0.3, -0.25) is 0 Å². The number of hydrogen-bond donors (Lipinski definition) is 1. The summed E-state index contributed by atoms with van der Waals surface area (Å²) in [6.07, 6.45) is 3.75. The minimum absolute atomic E-state index is 0.272. The first-order valence-corrected chi connectivity index (χ1v) is 5.91. The SMILES string of the molecule is Oc1ccc2c(c1)nc(Br)n2C1CCC1. The molecule has 3 rings (SSSR count). The highest BCUT2D eigenvalue weighted by Gasteiger charge is 2.23. The van der Waals surface area contributed by atoms with Crippen LogP contribution in [-0.2, 0) is 0 Å². The number of benzene rings is 1. The third-order valence-electron chi connectivity index (χ3n) is 3.07. The van der Waals surface area contributed by atoms with Gasteiger partial charge in [-0.15, -0.1) is 0 Å². The van der Waals surface area contributed by atoms with Crippen LogP contribution in [0.15, 0.2) is 22.9 Å². The van der Waals surface area contributed by atoms with E-state index in [4.69, 9.17) is 0 Å². The van der Waals surface area contributed by atoms with E-state index < -0.39 is 0 Å². The second-order valence-electron chi connectivity index (χ2n) is 4.01. The number of aromatic hydroxyl groups is 1. The van der Waals surface area contributed by atoms with Crippen molar-refractivity contribution in [3.8, 4) is 5.75 Å². The Hall–Kier alpha value is -1.03. The number of halogens is 1. The van der Waals surface area contributed by atoms with Gasteiger partial charge in [0.05, 0.1) is 11.0 Å². The summed E-state index contributed by atoms with van der Waals surface area (Å²) >= 11 is 3.48. The molecule has 0 atom stereocenters. The minimum atomic E-state index is 0.272. The summed E-state index contributed by atoms with van der Waals surface area (Å²) in [5.41, 5.74) is 1.96. The zero-order chi connectivity index (χ0) is 10.4. The molecule has 4 heteroatoms. The number of phenolic OH excluding ortho intramolecular Hbond substituents is 1. The molecule has 1 aliphatic carbocycles. The third-order valence-corrected chi connectivity index (χ3v) is 3.63. The van der Waals surface area contributed by atoms with Crippen LogP contribution >= 0.6 is 15.9 Å². The summed E-state index contributed by atoms with van der Waals surface area (Å²) in [7, 11) is 0. The normalized spacial score (nSPS) is 16.9. The molecule has 2 aromatic rings. The lowest BCUT2D eigenvalue weighted by Gasteiger charge is -2.28. The summed E-state index contributed by atoms with van der Waals surface area (Å²) < 4.78 is 3.09. The summed E-state index contributed by atoms with van der Waals surface area (Å²) in [4.78, 5) is 4.40. The standard InChI is InChI=1S/C11H11BrN2O/c12-11-13-9-6-8(15)4-5-10(9)14(11)7-2-1-3-7/h4-7,15H,1-3H2.